The first-order valence-electron chi connectivity index (χ1n) is 6.49. The van der Waals surface area contributed by atoms with Crippen LogP contribution in [-0.4, -0.2) is 55.6 Å². The van der Waals surface area contributed by atoms with Crippen LogP contribution in [0.15, 0.2) is 30.6 Å². The van der Waals surface area contributed by atoms with Gasteiger partial charge in [0.05, 0.1) is 17.2 Å². The van der Waals surface area contributed by atoms with Gasteiger partial charge in [0.25, 0.3) is 5.91 Å². The van der Waals surface area contributed by atoms with Crippen LogP contribution in [0.25, 0.3) is 11.0 Å². The topological polar surface area (TPSA) is 104 Å². The van der Waals surface area contributed by atoms with E-state index in [1.165, 1.54) is 17.3 Å². The number of aliphatic hydroxyl groups excluding tert-OH is 1. The fraction of sp³-hybridized carbons (Fsp3) is 0.286. The summed E-state index contributed by atoms with van der Waals surface area (Å²) in [6, 6.07) is 3.97. The van der Waals surface area contributed by atoms with Crippen molar-refractivity contribution < 1.29 is 19.8 Å². The number of amides is 1. The van der Waals surface area contributed by atoms with Gasteiger partial charge < -0.3 is 15.1 Å². The molecule has 2 N–H and O–H groups in total. The Bertz CT molecular complexity index is 713. The maximum atomic E-state index is 12.6. The number of carboxylic acids is 1. The number of fused-ring (bicyclic) bond motifs is 1. The average Bonchev–Trinajstić information content (AvgIpc) is 2.88. The van der Waals surface area contributed by atoms with Crippen molar-refractivity contribution in [3.05, 3.63) is 36.2 Å². The number of aromatic nitrogens is 2. The lowest BCUT2D eigenvalue weighted by atomic mass is 10.1. The van der Waals surface area contributed by atoms with Crippen molar-refractivity contribution in [2.24, 2.45) is 0 Å². The molecule has 0 aliphatic carbocycles. The number of rotatable bonds is 2. The Hall–Kier alpha value is -2.54. The monoisotopic (exact) mass is 287 g/mol. The molecule has 1 aromatic heterocycles. The van der Waals surface area contributed by atoms with Gasteiger partial charge in [-0.15, -0.1) is 0 Å². The maximum Gasteiger partial charge on any atom is 0.326 e. The molecule has 0 unspecified atom stereocenters. The highest BCUT2D eigenvalue weighted by atomic mass is 16.4. The van der Waals surface area contributed by atoms with Crippen LogP contribution < -0.4 is 0 Å². The standard InChI is InChI=1S/C14H13N3O4/c18-8-6-11(14(20)21)17(7-8)13(19)9-2-1-3-10-12(9)16-5-4-15-10/h1-5,8,11,18H,6-7H2,(H,20,21)/t8-,11-/m1/s1. The third kappa shape index (κ3) is 2.31. The number of carbonyl (C=O) groups excluding carboxylic acids is 1. The predicted molar refractivity (Wildman–Crippen MR) is 72.6 cm³/mol. The molecule has 7 nitrogen and oxygen atoms in total. The zero-order valence-electron chi connectivity index (χ0n) is 11.0. The molecule has 2 atom stereocenters. The van der Waals surface area contributed by atoms with Gasteiger partial charge in [0.2, 0.25) is 0 Å². The van der Waals surface area contributed by atoms with Gasteiger partial charge in [-0.2, -0.15) is 0 Å². The summed E-state index contributed by atoms with van der Waals surface area (Å²) >= 11 is 0. The van der Waals surface area contributed by atoms with E-state index in [9.17, 15) is 19.8 Å². The molecule has 108 valence electrons. The zero-order chi connectivity index (χ0) is 15.0. The van der Waals surface area contributed by atoms with Gasteiger partial charge in [-0.05, 0) is 12.1 Å². The summed E-state index contributed by atoms with van der Waals surface area (Å²) in [5.74, 6) is -1.57. The summed E-state index contributed by atoms with van der Waals surface area (Å²) in [6.07, 6.45) is 2.22. The van der Waals surface area contributed by atoms with Crippen molar-refractivity contribution in [3.8, 4) is 0 Å². The lowest BCUT2D eigenvalue weighted by Crippen LogP contribution is -2.40. The molecule has 2 heterocycles. The van der Waals surface area contributed by atoms with Crippen molar-refractivity contribution >= 4 is 22.9 Å². The van der Waals surface area contributed by atoms with Crippen LogP contribution in [0.2, 0.25) is 0 Å². The Morgan fingerprint density at radius 3 is 2.76 bits per heavy atom. The fourth-order valence-electron chi connectivity index (χ4n) is 2.59. The molecule has 0 radical (unpaired) electrons. The van der Waals surface area contributed by atoms with Crippen LogP contribution in [0.3, 0.4) is 0 Å². The maximum absolute atomic E-state index is 12.6. The number of hydrogen-bond donors (Lipinski definition) is 2. The second kappa shape index (κ2) is 5.10. The number of likely N-dealkylation sites (tertiary alicyclic amines) is 1. The van der Waals surface area contributed by atoms with Crippen LogP contribution >= 0.6 is 0 Å². The molecule has 0 spiro atoms. The lowest BCUT2D eigenvalue weighted by molar-refractivity contribution is -0.141. The number of aliphatic hydroxyl groups is 1. The van der Waals surface area contributed by atoms with Crippen LogP contribution in [0.4, 0.5) is 0 Å². The van der Waals surface area contributed by atoms with Gasteiger partial charge in [-0.3, -0.25) is 14.8 Å². The molecule has 3 rings (SSSR count). The Balaban J connectivity index is 2.02. The van der Waals surface area contributed by atoms with Gasteiger partial charge in [-0.1, -0.05) is 6.07 Å². The first-order valence-corrected chi connectivity index (χ1v) is 6.49. The zero-order valence-corrected chi connectivity index (χ0v) is 11.0. The SMILES string of the molecule is O=C(O)[C@H]1C[C@@H](O)CN1C(=O)c1cccc2nccnc12. The third-order valence-electron chi connectivity index (χ3n) is 3.55. The number of hydrogen-bond acceptors (Lipinski definition) is 5. The van der Waals surface area contributed by atoms with Crippen LogP contribution in [-0.2, 0) is 4.79 Å². The van der Waals surface area contributed by atoms with Gasteiger partial charge in [0.15, 0.2) is 0 Å². The van der Waals surface area contributed by atoms with E-state index in [2.05, 4.69) is 9.97 Å². The number of benzene rings is 1. The molecule has 21 heavy (non-hydrogen) atoms. The minimum absolute atomic E-state index is 0.00640. The van der Waals surface area contributed by atoms with Crippen molar-refractivity contribution in [1.29, 1.82) is 0 Å². The smallest absolute Gasteiger partial charge is 0.326 e. The van der Waals surface area contributed by atoms with Crippen LogP contribution in [0.1, 0.15) is 16.8 Å². The van der Waals surface area contributed by atoms with Crippen molar-refractivity contribution in [2.75, 3.05) is 6.54 Å². The second-order valence-corrected chi connectivity index (χ2v) is 4.93. The number of aliphatic carboxylic acids is 1. The number of carboxylic acid groups (broad SMARTS) is 1. The summed E-state index contributed by atoms with van der Waals surface area (Å²) in [4.78, 5) is 33.3. The summed E-state index contributed by atoms with van der Waals surface area (Å²) in [6.45, 7) is 0.00640. The van der Waals surface area contributed by atoms with E-state index < -0.39 is 24.0 Å². The molecule has 1 aromatic carbocycles. The lowest BCUT2D eigenvalue weighted by Gasteiger charge is -2.21. The predicted octanol–water partition coefficient (Wildman–Crippen LogP) is 0.290. The summed E-state index contributed by atoms with van der Waals surface area (Å²) in [7, 11) is 0. The highest BCUT2D eigenvalue weighted by molar-refractivity contribution is 6.05. The number of β-amino-alcohol motifs (C(OH)–C–C–N with tert-alkyl or cyclic N) is 1. The van der Waals surface area contributed by atoms with Crippen molar-refractivity contribution in [3.63, 3.8) is 0 Å². The largest absolute Gasteiger partial charge is 0.480 e. The minimum Gasteiger partial charge on any atom is -0.480 e. The number of carbonyl (C=O) groups is 2. The molecule has 2 aromatic rings. The van der Waals surface area contributed by atoms with Gasteiger partial charge in [-0.25, -0.2) is 4.79 Å². The van der Waals surface area contributed by atoms with Crippen molar-refractivity contribution in [1.82, 2.24) is 14.9 Å². The van der Waals surface area contributed by atoms with Crippen LogP contribution in [0.5, 0.6) is 0 Å². The summed E-state index contributed by atoms with van der Waals surface area (Å²) < 4.78 is 0. The van der Waals surface area contributed by atoms with E-state index in [0.29, 0.717) is 16.6 Å². The highest BCUT2D eigenvalue weighted by Crippen LogP contribution is 2.23. The first kappa shape index (κ1) is 13.4. The third-order valence-corrected chi connectivity index (χ3v) is 3.55. The molecule has 1 aliphatic heterocycles. The minimum atomic E-state index is -1.12. The molecule has 0 bridgehead atoms. The van der Waals surface area contributed by atoms with Gasteiger partial charge in [0.1, 0.15) is 11.6 Å². The normalized spacial score (nSPS) is 21.7. The van der Waals surface area contributed by atoms with E-state index in [1.807, 2.05) is 0 Å². The van der Waals surface area contributed by atoms with E-state index in [-0.39, 0.29) is 13.0 Å². The van der Waals surface area contributed by atoms with E-state index in [0.717, 1.165) is 0 Å². The van der Waals surface area contributed by atoms with E-state index in [1.54, 1.807) is 18.2 Å². The van der Waals surface area contributed by atoms with Crippen molar-refractivity contribution in [2.45, 2.75) is 18.6 Å². The van der Waals surface area contributed by atoms with E-state index in [4.69, 9.17) is 0 Å². The molecule has 1 fully saturated rings. The molecule has 7 heteroatoms. The first-order chi connectivity index (χ1) is 10.1. The average molecular weight is 287 g/mol. The molecule has 1 amide bonds. The highest BCUT2D eigenvalue weighted by Gasteiger charge is 2.39. The molecule has 0 saturated carbocycles. The number of nitrogens with zero attached hydrogens (tertiary/aromatic N) is 3. The quantitative estimate of drug-likeness (QED) is 0.822. The Morgan fingerprint density at radius 2 is 2.00 bits per heavy atom. The van der Waals surface area contributed by atoms with Crippen LogP contribution in [0, 0.1) is 0 Å². The Morgan fingerprint density at radius 1 is 1.24 bits per heavy atom. The molecular formula is C14H13N3O4. The van der Waals surface area contributed by atoms with Gasteiger partial charge >= 0.3 is 5.97 Å². The van der Waals surface area contributed by atoms with Gasteiger partial charge in [0, 0.05) is 25.4 Å². The van der Waals surface area contributed by atoms with E-state index >= 15 is 0 Å². The molecule has 1 aliphatic rings. The number of para-hydroxylation sites is 1. The Labute approximate surface area is 119 Å². The summed E-state index contributed by atoms with van der Waals surface area (Å²) in [5.41, 5.74) is 1.28. The fourth-order valence-corrected chi connectivity index (χ4v) is 2.59. The molecule has 1 saturated heterocycles. The second-order valence-electron chi connectivity index (χ2n) is 4.93. The Kier molecular flexibility index (Phi) is 3.26. The molecular weight excluding hydrogens is 274 g/mol. The summed E-state index contributed by atoms with van der Waals surface area (Å²) in [5, 5.41) is 18.8.